The van der Waals surface area contributed by atoms with Crippen molar-refractivity contribution in [2.75, 3.05) is 0 Å². The monoisotopic (exact) mass is 182 g/mol. The van der Waals surface area contributed by atoms with Crippen LogP contribution in [0, 0.1) is 11.3 Å². The fourth-order valence-corrected chi connectivity index (χ4v) is 3.54. The summed E-state index contributed by atoms with van der Waals surface area (Å²) in [4.78, 5) is 0. The van der Waals surface area contributed by atoms with E-state index in [0.717, 1.165) is 18.8 Å². The first-order valence-corrected chi connectivity index (χ1v) is 5.78. The normalized spacial score (nSPS) is 51.5. The van der Waals surface area contributed by atoms with Crippen molar-refractivity contribution < 1.29 is 5.11 Å². The van der Waals surface area contributed by atoms with Gasteiger partial charge < -0.3 is 5.11 Å². The van der Waals surface area contributed by atoms with E-state index in [-0.39, 0.29) is 11.0 Å². The molecular formula is C12H22O. The first-order valence-electron chi connectivity index (χ1n) is 5.78. The largest absolute Gasteiger partial charge is 0.389 e. The zero-order valence-electron chi connectivity index (χ0n) is 8.97. The fraction of sp³-hybridized carbons (Fsp3) is 1.00. The number of aliphatic hydroxyl groups is 1. The molecular weight excluding hydrogens is 160 g/mol. The summed E-state index contributed by atoms with van der Waals surface area (Å²) in [5.74, 6) is 0.823. The third-order valence-corrected chi connectivity index (χ3v) is 4.54. The van der Waals surface area contributed by atoms with Gasteiger partial charge in [-0.25, -0.2) is 0 Å². The highest BCUT2D eigenvalue weighted by Crippen LogP contribution is 2.54. The van der Waals surface area contributed by atoms with Crippen LogP contribution in [0.1, 0.15) is 58.8 Å². The van der Waals surface area contributed by atoms with Gasteiger partial charge in [0, 0.05) is 0 Å². The van der Waals surface area contributed by atoms with Gasteiger partial charge in [0.25, 0.3) is 0 Å². The Bertz CT molecular complexity index is 201. The van der Waals surface area contributed by atoms with Crippen LogP contribution in [0.5, 0.6) is 0 Å². The van der Waals surface area contributed by atoms with E-state index in [0.29, 0.717) is 0 Å². The first kappa shape index (κ1) is 9.51. The zero-order chi connectivity index (χ0) is 9.53. The minimum Gasteiger partial charge on any atom is -0.389 e. The molecule has 1 nitrogen and oxygen atoms in total. The van der Waals surface area contributed by atoms with Crippen LogP contribution in [0.2, 0.25) is 0 Å². The second-order valence-electron chi connectivity index (χ2n) is 5.65. The highest BCUT2D eigenvalue weighted by atomic mass is 16.3. The van der Waals surface area contributed by atoms with E-state index >= 15 is 0 Å². The average Bonchev–Trinajstić information content (AvgIpc) is 2.07. The smallest absolute Gasteiger partial charge is 0.0701 e. The molecule has 0 heterocycles. The quantitative estimate of drug-likeness (QED) is 0.610. The summed E-state index contributed by atoms with van der Waals surface area (Å²) in [6, 6.07) is 0. The summed E-state index contributed by atoms with van der Waals surface area (Å²) in [5, 5.41) is 10.6. The lowest BCUT2D eigenvalue weighted by molar-refractivity contribution is -0.142. The molecule has 0 aliphatic heterocycles. The van der Waals surface area contributed by atoms with Crippen LogP contribution in [0.3, 0.4) is 0 Å². The Morgan fingerprint density at radius 1 is 1.15 bits per heavy atom. The summed E-state index contributed by atoms with van der Waals surface area (Å²) in [6.07, 6.45) is 8.37. The molecule has 2 rings (SSSR count). The molecule has 3 atom stereocenters. The predicted molar refractivity (Wildman–Crippen MR) is 54.5 cm³/mol. The summed E-state index contributed by atoms with van der Waals surface area (Å²) >= 11 is 0. The Labute approximate surface area is 81.5 Å². The Kier molecular flexibility index (Phi) is 2.18. The zero-order valence-corrected chi connectivity index (χ0v) is 8.97. The van der Waals surface area contributed by atoms with Crippen LogP contribution in [0.4, 0.5) is 0 Å². The average molecular weight is 182 g/mol. The van der Waals surface area contributed by atoms with E-state index in [1.54, 1.807) is 0 Å². The molecule has 3 unspecified atom stereocenters. The molecule has 0 saturated heterocycles. The molecule has 0 bridgehead atoms. The molecule has 1 heteroatoms. The van der Waals surface area contributed by atoms with Gasteiger partial charge in [-0.15, -0.1) is 0 Å². The minimum absolute atomic E-state index is 0.239. The predicted octanol–water partition coefficient (Wildman–Crippen LogP) is 3.12. The van der Waals surface area contributed by atoms with E-state index in [4.69, 9.17) is 0 Å². The van der Waals surface area contributed by atoms with Gasteiger partial charge >= 0.3 is 0 Å². The van der Waals surface area contributed by atoms with Crippen LogP contribution in [-0.4, -0.2) is 10.7 Å². The van der Waals surface area contributed by atoms with Gasteiger partial charge in [-0.3, -0.25) is 0 Å². The molecule has 0 aromatic carbocycles. The van der Waals surface area contributed by atoms with E-state index in [1.165, 1.54) is 32.1 Å². The molecule has 1 N–H and O–H groups in total. The number of hydrogen-bond donors (Lipinski definition) is 1. The lowest BCUT2D eigenvalue weighted by Crippen LogP contribution is -2.52. The third-order valence-electron chi connectivity index (χ3n) is 4.54. The second kappa shape index (κ2) is 2.98. The van der Waals surface area contributed by atoms with Gasteiger partial charge in [0.15, 0.2) is 0 Å². The van der Waals surface area contributed by atoms with Crippen molar-refractivity contribution in [2.24, 2.45) is 11.3 Å². The molecule has 0 aromatic heterocycles. The van der Waals surface area contributed by atoms with Crippen molar-refractivity contribution in [3.05, 3.63) is 0 Å². The number of fused-ring (bicyclic) bond motifs is 1. The molecule has 76 valence electrons. The van der Waals surface area contributed by atoms with Gasteiger partial charge in [-0.2, -0.15) is 0 Å². The van der Waals surface area contributed by atoms with Crippen molar-refractivity contribution in [3.63, 3.8) is 0 Å². The molecule has 0 spiro atoms. The highest BCUT2D eigenvalue weighted by Gasteiger charge is 2.50. The molecule has 2 fully saturated rings. The summed E-state index contributed by atoms with van der Waals surface area (Å²) < 4.78 is 0. The molecule has 13 heavy (non-hydrogen) atoms. The van der Waals surface area contributed by atoms with Crippen LogP contribution < -0.4 is 0 Å². The van der Waals surface area contributed by atoms with Gasteiger partial charge in [0.2, 0.25) is 0 Å². The lowest BCUT2D eigenvalue weighted by atomic mass is 9.55. The number of hydrogen-bond acceptors (Lipinski definition) is 1. The summed E-state index contributed by atoms with van der Waals surface area (Å²) in [5.41, 5.74) is -0.0688. The molecule has 2 aliphatic rings. The minimum atomic E-state index is -0.308. The Balaban J connectivity index is 2.20. The van der Waals surface area contributed by atoms with Gasteiger partial charge in [-0.05, 0) is 43.4 Å². The molecule has 0 amide bonds. The lowest BCUT2D eigenvalue weighted by Gasteiger charge is -2.53. The first-order chi connectivity index (χ1) is 6.06. The van der Waals surface area contributed by atoms with Gasteiger partial charge in [0.05, 0.1) is 5.60 Å². The topological polar surface area (TPSA) is 20.2 Å². The van der Waals surface area contributed by atoms with Crippen molar-refractivity contribution in [3.8, 4) is 0 Å². The highest BCUT2D eigenvalue weighted by molar-refractivity contribution is 5.02. The van der Waals surface area contributed by atoms with E-state index in [2.05, 4.69) is 13.8 Å². The molecule has 0 aromatic rings. The summed E-state index contributed by atoms with van der Waals surface area (Å²) in [7, 11) is 0. The van der Waals surface area contributed by atoms with E-state index in [1.807, 2.05) is 0 Å². The molecule has 2 aliphatic carbocycles. The van der Waals surface area contributed by atoms with E-state index < -0.39 is 0 Å². The van der Waals surface area contributed by atoms with Crippen LogP contribution in [0.25, 0.3) is 0 Å². The van der Waals surface area contributed by atoms with Crippen LogP contribution in [0.15, 0.2) is 0 Å². The van der Waals surface area contributed by atoms with Crippen LogP contribution >= 0.6 is 0 Å². The maximum absolute atomic E-state index is 10.6. The standard InChI is InChI=1S/C12H22O/c1-10-5-8-12(13)7-4-3-6-11(12,2)9-10/h10,13H,3-9H2,1-2H3. The molecule has 2 saturated carbocycles. The maximum atomic E-state index is 10.6. The van der Waals surface area contributed by atoms with Crippen LogP contribution in [-0.2, 0) is 0 Å². The Morgan fingerprint density at radius 3 is 2.62 bits per heavy atom. The molecule has 0 radical (unpaired) electrons. The SMILES string of the molecule is CC1CCC2(O)CCCCC2(C)C1. The Morgan fingerprint density at radius 2 is 1.85 bits per heavy atom. The van der Waals surface area contributed by atoms with Crippen molar-refractivity contribution in [1.29, 1.82) is 0 Å². The Hall–Kier alpha value is -0.0400. The van der Waals surface area contributed by atoms with Crippen molar-refractivity contribution >= 4 is 0 Å². The fourth-order valence-electron chi connectivity index (χ4n) is 3.54. The van der Waals surface area contributed by atoms with Crippen molar-refractivity contribution in [1.82, 2.24) is 0 Å². The van der Waals surface area contributed by atoms with Crippen molar-refractivity contribution in [2.45, 2.75) is 64.4 Å². The maximum Gasteiger partial charge on any atom is 0.0701 e. The van der Waals surface area contributed by atoms with Gasteiger partial charge in [-0.1, -0.05) is 26.7 Å². The second-order valence-corrected chi connectivity index (χ2v) is 5.65. The third kappa shape index (κ3) is 1.41. The van der Waals surface area contributed by atoms with Gasteiger partial charge in [0.1, 0.15) is 0 Å². The van der Waals surface area contributed by atoms with E-state index in [9.17, 15) is 5.11 Å². The number of rotatable bonds is 0. The summed E-state index contributed by atoms with van der Waals surface area (Å²) in [6.45, 7) is 4.64.